The molecule has 4 aromatic rings. The van der Waals surface area contributed by atoms with E-state index >= 15 is 0 Å². The molecule has 0 aliphatic rings. The van der Waals surface area contributed by atoms with E-state index in [1.54, 1.807) is 13.3 Å². The molecule has 0 amide bonds. The van der Waals surface area contributed by atoms with Gasteiger partial charge in [0.05, 0.1) is 31.0 Å². The molecule has 11 heteroatoms. The highest BCUT2D eigenvalue weighted by Crippen LogP contribution is 2.37. The Morgan fingerprint density at radius 3 is 2.83 bits per heavy atom. The first kappa shape index (κ1) is 20.5. The first-order valence-corrected chi connectivity index (χ1v) is 10.0. The molecule has 3 aromatic heterocycles. The third-order valence-electron chi connectivity index (χ3n) is 4.24. The number of fused-ring (bicyclic) bond motifs is 1. The number of nitrogens with two attached hydrogens (primary N) is 1. The van der Waals surface area contributed by atoms with Gasteiger partial charge < -0.3 is 24.7 Å². The zero-order valence-corrected chi connectivity index (χ0v) is 17.3. The molecule has 0 aliphatic heterocycles. The number of hydrogen-bond donors (Lipinski definition) is 2. The summed E-state index contributed by atoms with van der Waals surface area (Å²) in [4.78, 5) is 4.52. The van der Waals surface area contributed by atoms with Gasteiger partial charge in [0.1, 0.15) is 28.7 Å². The number of aliphatic hydroxyl groups is 1. The van der Waals surface area contributed by atoms with Crippen LogP contribution in [0.15, 0.2) is 36.7 Å². The fourth-order valence-corrected chi connectivity index (χ4v) is 3.81. The zero-order chi connectivity index (χ0) is 21.3. The molecule has 0 bridgehead atoms. The summed E-state index contributed by atoms with van der Waals surface area (Å²) in [5.74, 6) is 0.0386. The second-order valence-corrected chi connectivity index (χ2v) is 7.77. The molecule has 0 aliphatic carbocycles. The molecule has 1 unspecified atom stereocenters. The number of ether oxygens (including phenoxy) is 2. The van der Waals surface area contributed by atoms with Crippen LogP contribution in [-0.4, -0.2) is 51.1 Å². The van der Waals surface area contributed by atoms with Gasteiger partial charge in [0.15, 0.2) is 16.6 Å². The summed E-state index contributed by atoms with van der Waals surface area (Å²) >= 11 is 7.56. The van der Waals surface area contributed by atoms with Crippen molar-refractivity contribution in [1.29, 1.82) is 0 Å². The van der Waals surface area contributed by atoms with E-state index in [0.717, 1.165) is 5.65 Å². The molecule has 1 aromatic carbocycles. The van der Waals surface area contributed by atoms with Crippen molar-refractivity contribution in [3.05, 3.63) is 47.5 Å². The minimum absolute atomic E-state index is 0.0370. The lowest BCUT2D eigenvalue weighted by Crippen LogP contribution is -2.31. The van der Waals surface area contributed by atoms with Crippen LogP contribution in [0.4, 0.5) is 4.39 Å². The normalized spacial score (nSPS) is 12.3. The molecule has 4 rings (SSSR count). The van der Waals surface area contributed by atoms with Crippen LogP contribution in [0, 0.1) is 5.82 Å². The van der Waals surface area contributed by atoms with Crippen molar-refractivity contribution < 1.29 is 19.0 Å². The van der Waals surface area contributed by atoms with Gasteiger partial charge in [-0.1, -0.05) is 22.9 Å². The van der Waals surface area contributed by atoms with Gasteiger partial charge in [-0.3, -0.25) is 0 Å². The Morgan fingerprint density at radius 1 is 1.27 bits per heavy atom. The third kappa shape index (κ3) is 4.08. The van der Waals surface area contributed by atoms with Crippen molar-refractivity contribution >= 4 is 28.6 Å². The van der Waals surface area contributed by atoms with Crippen LogP contribution in [0.5, 0.6) is 11.5 Å². The molecule has 0 fully saturated rings. The number of methoxy groups -OCH3 is 1. The predicted molar refractivity (Wildman–Crippen MR) is 112 cm³/mol. The lowest BCUT2D eigenvalue weighted by atomic mass is 10.2. The van der Waals surface area contributed by atoms with Gasteiger partial charge >= 0.3 is 0 Å². The Balaban J connectivity index is 1.61. The number of hydrogen-bond acceptors (Lipinski definition) is 8. The number of nitrogens with zero attached hydrogens (tertiary/aromatic N) is 4. The minimum atomic E-state index is -0.615. The summed E-state index contributed by atoms with van der Waals surface area (Å²) in [6.07, 6.45) is 3.62. The van der Waals surface area contributed by atoms with Crippen molar-refractivity contribution in [1.82, 2.24) is 19.6 Å². The molecule has 1 atom stereocenters. The SMILES string of the molecule is COc1ccc2nc(-c3nnc(-c4cc(F)c(OCC(N)CO)cc4Cl)s3)cn2c1. The monoisotopic (exact) mass is 449 g/mol. The summed E-state index contributed by atoms with van der Waals surface area (Å²) in [7, 11) is 1.59. The summed E-state index contributed by atoms with van der Waals surface area (Å²) < 4.78 is 26.8. The Labute approximate surface area is 179 Å². The van der Waals surface area contributed by atoms with Crippen molar-refractivity contribution in [2.45, 2.75) is 6.04 Å². The maximum absolute atomic E-state index is 14.5. The van der Waals surface area contributed by atoms with Crippen molar-refractivity contribution in [3.8, 4) is 32.8 Å². The molecule has 0 radical (unpaired) electrons. The minimum Gasteiger partial charge on any atom is -0.495 e. The van der Waals surface area contributed by atoms with Gasteiger partial charge in [-0.25, -0.2) is 9.37 Å². The molecule has 30 heavy (non-hydrogen) atoms. The van der Waals surface area contributed by atoms with Crippen LogP contribution in [0.3, 0.4) is 0 Å². The summed E-state index contributed by atoms with van der Waals surface area (Å²) in [6, 6.07) is 5.63. The zero-order valence-electron chi connectivity index (χ0n) is 15.7. The van der Waals surface area contributed by atoms with E-state index in [0.29, 0.717) is 27.0 Å². The van der Waals surface area contributed by atoms with Crippen LogP contribution in [0.2, 0.25) is 5.02 Å². The van der Waals surface area contributed by atoms with E-state index < -0.39 is 11.9 Å². The van der Waals surface area contributed by atoms with Crippen molar-refractivity contribution in [3.63, 3.8) is 0 Å². The number of halogens is 2. The average molecular weight is 450 g/mol. The van der Waals surface area contributed by atoms with E-state index in [1.165, 1.54) is 23.5 Å². The highest BCUT2D eigenvalue weighted by Gasteiger charge is 2.18. The standard InChI is InChI=1S/C19H17ClFN5O3S/c1-28-11-2-3-17-23-15(7-26(17)6-11)19-25-24-18(30-19)12-4-14(21)16(5-13(12)20)29-9-10(22)8-27/h2-7,10,27H,8-9,22H2,1H3. The van der Waals surface area contributed by atoms with Crippen LogP contribution in [0.25, 0.3) is 26.9 Å². The topological polar surface area (TPSA) is 108 Å². The molecule has 3 N–H and O–H groups in total. The molecule has 8 nitrogen and oxygen atoms in total. The highest BCUT2D eigenvalue weighted by molar-refractivity contribution is 7.18. The van der Waals surface area contributed by atoms with Gasteiger partial charge in [-0.15, -0.1) is 10.2 Å². The fraction of sp³-hybridized carbons (Fsp3) is 0.211. The number of benzene rings is 1. The smallest absolute Gasteiger partial charge is 0.168 e. The van der Waals surface area contributed by atoms with E-state index in [-0.39, 0.29) is 24.0 Å². The second kappa shape index (κ2) is 8.52. The first-order valence-electron chi connectivity index (χ1n) is 8.83. The third-order valence-corrected chi connectivity index (χ3v) is 5.53. The van der Waals surface area contributed by atoms with Crippen LogP contribution in [-0.2, 0) is 0 Å². The number of imidazole rings is 1. The molecule has 0 saturated carbocycles. The Morgan fingerprint density at radius 2 is 2.07 bits per heavy atom. The van der Waals surface area contributed by atoms with E-state index in [2.05, 4.69) is 15.2 Å². The van der Waals surface area contributed by atoms with Crippen molar-refractivity contribution in [2.75, 3.05) is 20.3 Å². The van der Waals surface area contributed by atoms with E-state index in [1.807, 2.05) is 22.7 Å². The summed E-state index contributed by atoms with van der Waals surface area (Å²) in [6.45, 7) is -0.304. The van der Waals surface area contributed by atoms with Crippen LogP contribution < -0.4 is 15.2 Å². The van der Waals surface area contributed by atoms with Gasteiger partial charge in [0.25, 0.3) is 0 Å². The van der Waals surface area contributed by atoms with Gasteiger partial charge in [-0.2, -0.15) is 0 Å². The molecule has 3 heterocycles. The molecule has 0 spiro atoms. The maximum atomic E-state index is 14.5. The molecular formula is C19H17ClFN5O3S. The Bertz CT molecular complexity index is 1200. The van der Waals surface area contributed by atoms with Crippen molar-refractivity contribution in [2.24, 2.45) is 5.73 Å². The summed E-state index contributed by atoms with van der Waals surface area (Å²) in [5, 5.41) is 18.5. The number of rotatable bonds is 7. The lowest BCUT2D eigenvalue weighted by molar-refractivity contribution is 0.202. The molecule has 0 saturated heterocycles. The number of aromatic nitrogens is 4. The van der Waals surface area contributed by atoms with Gasteiger partial charge in [-0.05, 0) is 18.2 Å². The largest absolute Gasteiger partial charge is 0.495 e. The highest BCUT2D eigenvalue weighted by atomic mass is 35.5. The van der Waals surface area contributed by atoms with Gasteiger partial charge in [0, 0.05) is 17.8 Å². The van der Waals surface area contributed by atoms with Crippen LogP contribution >= 0.6 is 22.9 Å². The Kier molecular flexibility index (Phi) is 5.82. The number of aliphatic hydroxyl groups excluding tert-OH is 1. The van der Waals surface area contributed by atoms with E-state index in [9.17, 15) is 4.39 Å². The van der Waals surface area contributed by atoms with E-state index in [4.69, 9.17) is 31.9 Å². The quantitative estimate of drug-likeness (QED) is 0.446. The first-order chi connectivity index (χ1) is 14.5. The number of pyridine rings is 1. The molecule has 156 valence electrons. The van der Waals surface area contributed by atoms with Gasteiger partial charge in [0.2, 0.25) is 0 Å². The second-order valence-electron chi connectivity index (χ2n) is 6.39. The Hall–Kier alpha value is -2.79. The predicted octanol–water partition coefficient (Wildman–Crippen LogP) is 3.02. The maximum Gasteiger partial charge on any atom is 0.168 e. The van der Waals surface area contributed by atoms with Crippen LogP contribution in [0.1, 0.15) is 0 Å². The fourth-order valence-electron chi connectivity index (χ4n) is 2.68. The lowest BCUT2D eigenvalue weighted by Gasteiger charge is -2.12. The summed E-state index contributed by atoms with van der Waals surface area (Å²) in [5.41, 5.74) is 7.32. The average Bonchev–Trinajstić information content (AvgIpc) is 3.40. The molecular weight excluding hydrogens is 433 g/mol.